The molecule has 1 saturated carbocycles. The smallest absolute Gasteiger partial charge is 0.341 e. The van der Waals surface area contributed by atoms with Gasteiger partial charge >= 0.3 is 5.97 Å². The Bertz CT molecular complexity index is 1290. The zero-order valence-corrected chi connectivity index (χ0v) is 18.0. The number of carbonyl (C=O) groups is 1. The third kappa shape index (κ3) is 3.13. The molecule has 2 aromatic heterocycles. The zero-order valence-electron chi connectivity index (χ0n) is 18.0. The summed E-state index contributed by atoms with van der Waals surface area (Å²) in [5, 5.41) is 9.52. The number of pyridine rings is 2. The molecule has 1 saturated heterocycles. The fourth-order valence-corrected chi connectivity index (χ4v) is 4.87. The van der Waals surface area contributed by atoms with Gasteiger partial charge < -0.3 is 19.3 Å². The number of benzene rings is 1. The molecule has 166 valence electrons. The molecule has 2 aliphatic rings. The minimum atomic E-state index is -1.32. The predicted octanol–water partition coefficient (Wildman–Crippen LogP) is 3.75. The molecule has 0 bridgehead atoms. The molecule has 1 N–H and O–H groups in total. The molecule has 5 rings (SSSR count). The second kappa shape index (κ2) is 7.32. The minimum Gasteiger partial charge on any atom is -0.492 e. The fraction of sp³-hybridized carbons (Fsp3) is 0.375. The number of ether oxygens (including phenoxy) is 1. The largest absolute Gasteiger partial charge is 0.492 e. The maximum atomic E-state index is 15.5. The van der Waals surface area contributed by atoms with Gasteiger partial charge in [0.05, 0.1) is 18.0 Å². The van der Waals surface area contributed by atoms with Crippen LogP contribution in [0.5, 0.6) is 5.75 Å². The Balaban J connectivity index is 1.69. The molecule has 7 nitrogen and oxygen atoms in total. The Kier molecular flexibility index (Phi) is 4.69. The van der Waals surface area contributed by atoms with Gasteiger partial charge in [-0.15, -0.1) is 0 Å². The maximum Gasteiger partial charge on any atom is 0.341 e. The number of halogens is 1. The molecule has 0 amide bonds. The first-order valence-electron chi connectivity index (χ1n) is 10.7. The van der Waals surface area contributed by atoms with Crippen molar-refractivity contribution in [3.8, 4) is 5.75 Å². The van der Waals surface area contributed by atoms with Gasteiger partial charge in [-0.3, -0.25) is 9.78 Å². The first-order chi connectivity index (χ1) is 15.3. The van der Waals surface area contributed by atoms with Crippen LogP contribution in [-0.2, 0) is 5.41 Å². The second-order valence-electron chi connectivity index (χ2n) is 8.92. The van der Waals surface area contributed by atoms with Crippen LogP contribution < -0.4 is 15.1 Å². The average Bonchev–Trinajstić information content (AvgIpc) is 3.55. The summed E-state index contributed by atoms with van der Waals surface area (Å²) in [6, 6.07) is 5.21. The van der Waals surface area contributed by atoms with Crippen LogP contribution in [-0.4, -0.2) is 40.8 Å². The molecule has 1 unspecified atom stereocenters. The summed E-state index contributed by atoms with van der Waals surface area (Å²) in [6.07, 6.45) is 7.46. The van der Waals surface area contributed by atoms with E-state index in [-0.39, 0.29) is 28.2 Å². The van der Waals surface area contributed by atoms with E-state index < -0.39 is 17.2 Å². The Hall–Kier alpha value is -3.42. The van der Waals surface area contributed by atoms with Crippen LogP contribution in [0.1, 0.15) is 48.1 Å². The minimum absolute atomic E-state index is 0.0333. The lowest BCUT2D eigenvalue weighted by Crippen LogP contribution is -2.29. The Morgan fingerprint density at radius 2 is 2.03 bits per heavy atom. The van der Waals surface area contributed by atoms with Crippen LogP contribution >= 0.6 is 0 Å². The van der Waals surface area contributed by atoms with Crippen molar-refractivity contribution in [3.63, 3.8) is 0 Å². The molecule has 3 heterocycles. The highest BCUT2D eigenvalue weighted by Crippen LogP contribution is 2.46. The van der Waals surface area contributed by atoms with Crippen molar-refractivity contribution in [1.29, 1.82) is 0 Å². The van der Waals surface area contributed by atoms with Gasteiger partial charge in [0, 0.05) is 43.1 Å². The Labute approximate surface area is 184 Å². The summed E-state index contributed by atoms with van der Waals surface area (Å²) in [5.41, 5.74) is 0.671. The van der Waals surface area contributed by atoms with Gasteiger partial charge in [-0.05, 0) is 43.0 Å². The molecule has 1 aromatic carbocycles. The number of hydrogen-bond donors (Lipinski definition) is 1. The van der Waals surface area contributed by atoms with Crippen molar-refractivity contribution in [2.75, 3.05) is 25.1 Å². The number of aromatic carboxylic acids is 1. The lowest BCUT2D eigenvalue weighted by atomic mass is 9.82. The first-order valence-corrected chi connectivity index (χ1v) is 10.7. The van der Waals surface area contributed by atoms with Crippen molar-refractivity contribution < 1.29 is 19.0 Å². The predicted molar refractivity (Wildman–Crippen MR) is 118 cm³/mol. The topological polar surface area (TPSA) is 84.7 Å². The third-order valence-electron chi connectivity index (χ3n) is 6.74. The summed E-state index contributed by atoms with van der Waals surface area (Å²) in [7, 11) is 1.46. The van der Waals surface area contributed by atoms with E-state index >= 15 is 4.39 Å². The highest BCUT2D eigenvalue weighted by molar-refractivity contribution is 5.97. The number of aromatic nitrogens is 2. The lowest BCUT2D eigenvalue weighted by Gasteiger charge is -2.28. The van der Waals surface area contributed by atoms with Crippen LogP contribution in [0, 0.1) is 5.82 Å². The Morgan fingerprint density at radius 1 is 1.31 bits per heavy atom. The number of carboxylic acids is 1. The summed E-state index contributed by atoms with van der Waals surface area (Å²) >= 11 is 0. The van der Waals surface area contributed by atoms with Crippen molar-refractivity contribution >= 4 is 22.6 Å². The zero-order chi connectivity index (χ0) is 22.6. The quantitative estimate of drug-likeness (QED) is 0.655. The van der Waals surface area contributed by atoms with Crippen molar-refractivity contribution in [2.24, 2.45) is 0 Å². The van der Waals surface area contributed by atoms with Gasteiger partial charge in [-0.25, -0.2) is 9.18 Å². The average molecular weight is 437 g/mol. The number of anilines is 1. The molecule has 2 fully saturated rings. The summed E-state index contributed by atoms with van der Waals surface area (Å²) in [4.78, 5) is 30.6. The molecule has 3 aromatic rings. The number of rotatable bonds is 5. The molecule has 0 spiro atoms. The Morgan fingerprint density at radius 3 is 2.66 bits per heavy atom. The van der Waals surface area contributed by atoms with E-state index in [1.54, 1.807) is 17.0 Å². The van der Waals surface area contributed by atoms with Crippen LogP contribution in [0.3, 0.4) is 0 Å². The number of fused-ring (bicyclic) bond motifs is 1. The number of nitrogens with zero attached hydrogens (tertiary/aromatic N) is 3. The summed E-state index contributed by atoms with van der Waals surface area (Å²) < 4.78 is 23.0. The molecule has 0 radical (unpaired) electrons. The lowest BCUT2D eigenvalue weighted by molar-refractivity contribution is 0.0695. The van der Waals surface area contributed by atoms with E-state index in [0.717, 1.165) is 24.8 Å². The third-order valence-corrected chi connectivity index (χ3v) is 6.74. The maximum absolute atomic E-state index is 15.5. The van der Waals surface area contributed by atoms with Gasteiger partial charge in [-0.2, -0.15) is 0 Å². The van der Waals surface area contributed by atoms with E-state index in [1.807, 2.05) is 17.0 Å². The van der Waals surface area contributed by atoms with E-state index in [2.05, 4.69) is 11.9 Å². The molecule has 32 heavy (non-hydrogen) atoms. The van der Waals surface area contributed by atoms with Gasteiger partial charge in [0.1, 0.15) is 11.3 Å². The van der Waals surface area contributed by atoms with Crippen LogP contribution in [0.25, 0.3) is 10.9 Å². The van der Waals surface area contributed by atoms with Gasteiger partial charge in [-0.1, -0.05) is 6.92 Å². The second-order valence-corrected chi connectivity index (χ2v) is 8.92. The monoisotopic (exact) mass is 437 g/mol. The molecule has 8 heteroatoms. The van der Waals surface area contributed by atoms with Crippen molar-refractivity contribution in [1.82, 2.24) is 9.55 Å². The normalized spacial score (nSPS) is 20.7. The fourth-order valence-electron chi connectivity index (χ4n) is 4.87. The summed E-state index contributed by atoms with van der Waals surface area (Å²) in [6.45, 7) is 3.35. The molecule has 1 aliphatic carbocycles. The molecule has 1 aliphatic heterocycles. The highest BCUT2D eigenvalue weighted by atomic mass is 19.1. The van der Waals surface area contributed by atoms with E-state index in [4.69, 9.17) is 4.74 Å². The van der Waals surface area contributed by atoms with Gasteiger partial charge in [0.15, 0.2) is 11.6 Å². The van der Waals surface area contributed by atoms with Crippen LogP contribution in [0.15, 0.2) is 41.6 Å². The van der Waals surface area contributed by atoms with Crippen molar-refractivity contribution in [2.45, 2.75) is 37.6 Å². The number of carboxylic acid groups (broad SMARTS) is 1. The van der Waals surface area contributed by atoms with Gasteiger partial charge in [0.2, 0.25) is 5.43 Å². The molecular weight excluding hydrogens is 413 g/mol. The number of methoxy groups -OCH3 is 1. The van der Waals surface area contributed by atoms with Crippen molar-refractivity contribution in [3.05, 3.63) is 64.0 Å². The van der Waals surface area contributed by atoms with E-state index in [0.29, 0.717) is 24.3 Å². The SMILES string of the molecule is COc1c(N2CCC(C)(c3ccncc3)C2)c(F)cc2c(=O)c(C(=O)O)cn(C3CC3)c12. The highest BCUT2D eigenvalue weighted by Gasteiger charge is 2.39. The van der Waals surface area contributed by atoms with Crippen LogP contribution in [0.4, 0.5) is 10.1 Å². The van der Waals surface area contributed by atoms with E-state index in [1.165, 1.54) is 19.4 Å². The standard InChI is InChI=1S/C24H24FN3O4/c1-24(14-5-8-26-9-6-14)7-10-27(13-24)20-18(25)11-16-19(22(20)32-2)28(15-3-4-15)12-17(21(16)29)23(30)31/h5-6,8-9,11-12,15H,3-4,7,10,13H2,1-2H3,(H,30,31). The first kappa shape index (κ1) is 20.5. The van der Waals surface area contributed by atoms with Crippen LogP contribution in [0.2, 0.25) is 0 Å². The van der Waals surface area contributed by atoms with Gasteiger partial charge in [0.25, 0.3) is 0 Å². The molecule has 1 atom stereocenters. The van der Waals surface area contributed by atoms with E-state index in [9.17, 15) is 14.7 Å². The number of hydrogen-bond acceptors (Lipinski definition) is 5. The summed E-state index contributed by atoms with van der Waals surface area (Å²) in [5.74, 6) is -1.63. The molecular formula is C24H24FN3O4.